The minimum Gasteiger partial charge on any atom is -0.466 e. The summed E-state index contributed by atoms with van der Waals surface area (Å²) in [5, 5.41) is 23.0. The van der Waals surface area contributed by atoms with Gasteiger partial charge < -0.3 is 20.3 Å². The second-order valence-electron chi connectivity index (χ2n) is 18.6. The van der Waals surface area contributed by atoms with Crippen LogP contribution in [0.15, 0.2) is 24.3 Å². The Morgan fingerprint density at radius 2 is 0.770 bits per heavy atom. The van der Waals surface area contributed by atoms with Crippen molar-refractivity contribution >= 4 is 11.9 Å². The number of unbranched alkanes of at least 4 members (excludes halogenated alkanes) is 37. The lowest BCUT2D eigenvalue weighted by Crippen LogP contribution is -2.45. The van der Waals surface area contributed by atoms with Crippen LogP contribution in [0.4, 0.5) is 0 Å². The van der Waals surface area contributed by atoms with Gasteiger partial charge in [0.25, 0.3) is 0 Å². The maximum absolute atomic E-state index is 12.4. The number of carbonyl (C=O) groups is 2. The number of carbonyl (C=O) groups excluding carboxylic acids is 2. The van der Waals surface area contributed by atoms with E-state index in [1.165, 1.54) is 212 Å². The van der Waals surface area contributed by atoms with E-state index in [9.17, 15) is 19.8 Å². The van der Waals surface area contributed by atoms with Crippen LogP contribution in [-0.4, -0.2) is 47.4 Å². The van der Waals surface area contributed by atoms with Gasteiger partial charge >= 0.3 is 5.97 Å². The van der Waals surface area contributed by atoms with E-state index in [1.54, 1.807) is 6.08 Å². The van der Waals surface area contributed by atoms with Crippen LogP contribution < -0.4 is 5.32 Å². The largest absolute Gasteiger partial charge is 0.466 e. The zero-order valence-corrected chi connectivity index (χ0v) is 40.9. The van der Waals surface area contributed by atoms with E-state index in [4.69, 9.17) is 4.74 Å². The van der Waals surface area contributed by atoms with Gasteiger partial charge in [-0.25, -0.2) is 0 Å². The molecule has 0 radical (unpaired) electrons. The van der Waals surface area contributed by atoms with Crippen LogP contribution in [-0.2, 0) is 14.3 Å². The quantitative estimate of drug-likeness (QED) is 0.0322. The van der Waals surface area contributed by atoms with E-state index in [0.29, 0.717) is 19.4 Å². The molecule has 0 saturated heterocycles. The topological polar surface area (TPSA) is 95.9 Å². The lowest BCUT2D eigenvalue weighted by Gasteiger charge is -2.20. The first-order valence-corrected chi connectivity index (χ1v) is 27.1. The minimum atomic E-state index is -0.849. The highest BCUT2D eigenvalue weighted by atomic mass is 16.5. The highest BCUT2D eigenvalue weighted by Crippen LogP contribution is 2.16. The lowest BCUT2D eigenvalue weighted by atomic mass is 10.0. The molecular weight excluding hydrogens is 755 g/mol. The summed E-state index contributed by atoms with van der Waals surface area (Å²) in [4.78, 5) is 24.4. The first-order valence-electron chi connectivity index (χ1n) is 27.1. The predicted octanol–water partition coefficient (Wildman–Crippen LogP) is 16.3. The van der Waals surface area contributed by atoms with E-state index in [0.717, 1.165) is 51.4 Å². The number of ether oxygens (including phenoxy) is 1. The molecule has 0 aliphatic heterocycles. The molecule has 0 aromatic rings. The molecule has 0 aromatic carbocycles. The average Bonchev–Trinajstić information content (AvgIpc) is 3.26. The van der Waals surface area contributed by atoms with E-state index in [1.807, 2.05) is 6.08 Å². The number of rotatable bonds is 50. The van der Waals surface area contributed by atoms with Crippen molar-refractivity contribution < 1.29 is 24.5 Å². The number of hydrogen-bond donors (Lipinski definition) is 3. The van der Waals surface area contributed by atoms with Crippen molar-refractivity contribution in [2.24, 2.45) is 0 Å². The van der Waals surface area contributed by atoms with Crippen molar-refractivity contribution in [3.8, 4) is 0 Å². The van der Waals surface area contributed by atoms with Crippen LogP contribution in [0.2, 0.25) is 0 Å². The first-order chi connectivity index (χ1) is 30.0. The van der Waals surface area contributed by atoms with Gasteiger partial charge in [-0.1, -0.05) is 244 Å². The Morgan fingerprint density at radius 1 is 0.443 bits per heavy atom. The lowest BCUT2D eigenvalue weighted by molar-refractivity contribution is -0.143. The molecule has 0 rings (SSSR count). The Morgan fingerprint density at radius 3 is 1.16 bits per heavy atom. The van der Waals surface area contributed by atoms with Crippen molar-refractivity contribution in [1.29, 1.82) is 0 Å². The average molecular weight is 860 g/mol. The fraction of sp³-hybridized carbons (Fsp3) is 0.891. The van der Waals surface area contributed by atoms with Crippen molar-refractivity contribution in [2.75, 3.05) is 13.2 Å². The second-order valence-corrected chi connectivity index (χ2v) is 18.6. The maximum Gasteiger partial charge on any atom is 0.305 e. The van der Waals surface area contributed by atoms with Crippen LogP contribution in [0, 0.1) is 0 Å². The standard InChI is InChI=1S/C55H105NO5/c1-3-5-7-9-11-13-15-24-29-33-37-41-45-49-55(60)61-50-46-42-38-34-30-26-23-21-19-17-18-20-22-25-28-32-36-40-44-48-54(59)56-52(51-57)53(58)47-43-39-35-31-27-16-14-12-10-8-6-4-2/h17-18,43,47,52-53,57-58H,3-16,19-42,44-46,48-51H2,1-2H3,(H,56,59)/b18-17-,47-43+. The molecule has 6 nitrogen and oxygen atoms in total. The van der Waals surface area contributed by atoms with Gasteiger partial charge in [-0.05, 0) is 57.8 Å². The summed E-state index contributed by atoms with van der Waals surface area (Å²) in [6.07, 6.45) is 60.4. The SMILES string of the molecule is CCCCCCCCCCCC/C=C/C(O)C(CO)NC(=O)CCCCCCCCC/C=C\CCCCCCCCCCOC(=O)CCCCCCCCCCCCCCC. The number of aliphatic hydroxyl groups is 2. The van der Waals surface area contributed by atoms with Crippen molar-refractivity contribution in [3.63, 3.8) is 0 Å². The smallest absolute Gasteiger partial charge is 0.305 e. The summed E-state index contributed by atoms with van der Waals surface area (Å²) in [5.41, 5.74) is 0. The predicted molar refractivity (Wildman–Crippen MR) is 264 cm³/mol. The summed E-state index contributed by atoms with van der Waals surface area (Å²) in [7, 11) is 0. The van der Waals surface area contributed by atoms with Gasteiger partial charge in [0.1, 0.15) is 0 Å². The molecule has 0 aliphatic rings. The molecule has 0 aromatic heterocycles. The third kappa shape index (κ3) is 47.7. The van der Waals surface area contributed by atoms with Crippen LogP contribution in [0.5, 0.6) is 0 Å². The van der Waals surface area contributed by atoms with Gasteiger partial charge in [0.05, 0.1) is 25.4 Å². The molecule has 0 aliphatic carbocycles. The van der Waals surface area contributed by atoms with E-state index >= 15 is 0 Å². The molecule has 0 saturated carbocycles. The zero-order chi connectivity index (χ0) is 44.4. The Labute approximate surface area is 380 Å². The zero-order valence-electron chi connectivity index (χ0n) is 40.9. The van der Waals surface area contributed by atoms with Crippen LogP contribution in [0.25, 0.3) is 0 Å². The first kappa shape index (κ1) is 59.3. The Bertz CT molecular complexity index is 951. The summed E-state index contributed by atoms with van der Waals surface area (Å²) < 4.78 is 5.46. The van der Waals surface area contributed by atoms with Crippen molar-refractivity contribution in [2.45, 2.75) is 302 Å². The number of allylic oxidation sites excluding steroid dienone is 3. The maximum atomic E-state index is 12.4. The molecule has 0 heterocycles. The number of esters is 1. The number of aliphatic hydroxyl groups excluding tert-OH is 2. The molecule has 0 fully saturated rings. The molecule has 360 valence electrons. The Hall–Kier alpha value is -1.66. The fourth-order valence-corrected chi connectivity index (χ4v) is 8.27. The van der Waals surface area contributed by atoms with Gasteiger partial charge in [-0.15, -0.1) is 0 Å². The van der Waals surface area contributed by atoms with Crippen LogP contribution >= 0.6 is 0 Å². The summed E-state index contributed by atoms with van der Waals surface area (Å²) >= 11 is 0. The summed E-state index contributed by atoms with van der Waals surface area (Å²) in [6.45, 7) is 4.88. The molecule has 2 unspecified atom stereocenters. The van der Waals surface area contributed by atoms with Crippen LogP contribution in [0.3, 0.4) is 0 Å². The highest BCUT2D eigenvalue weighted by Gasteiger charge is 2.18. The van der Waals surface area contributed by atoms with Gasteiger partial charge in [0.15, 0.2) is 0 Å². The normalized spacial score (nSPS) is 12.8. The minimum absolute atomic E-state index is 0.00443. The molecule has 61 heavy (non-hydrogen) atoms. The monoisotopic (exact) mass is 860 g/mol. The van der Waals surface area contributed by atoms with Crippen LogP contribution in [0.1, 0.15) is 290 Å². The molecule has 1 amide bonds. The molecule has 0 spiro atoms. The Balaban J connectivity index is 3.45. The molecule has 2 atom stereocenters. The fourth-order valence-electron chi connectivity index (χ4n) is 8.27. The Kier molecular flexibility index (Phi) is 49.6. The van der Waals surface area contributed by atoms with Crippen molar-refractivity contribution in [1.82, 2.24) is 5.32 Å². The third-order valence-electron chi connectivity index (χ3n) is 12.5. The second kappa shape index (κ2) is 51.0. The molecule has 3 N–H and O–H groups in total. The molecule has 6 heteroatoms. The van der Waals surface area contributed by atoms with E-state index in [2.05, 4.69) is 31.3 Å². The summed E-state index contributed by atoms with van der Waals surface area (Å²) in [5.74, 6) is -0.0738. The van der Waals surface area contributed by atoms with Crippen molar-refractivity contribution in [3.05, 3.63) is 24.3 Å². The molecule has 0 bridgehead atoms. The van der Waals surface area contributed by atoms with Gasteiger partial charge in [-0.3, -0.25) is 9.59 Å². The summed E-state index contributed by atoms with van der Waals surface area (Å²) in [6, 6.07) is -0.633. The van der Waals surface area contributed by atoms with Gasteiger partial charge in [0, 0.05) is 12.8 Å². The third-order valence-corrected chi connectivity index (χ3v) is 12.5. The molecular formula is C55H105NO5. The highest BCUT2D eigenvalue weighted by molar-refractivity contribution is 5.76. The van der Waals surface area contributed by atoms with E-state index in [-0.39, 0.29) is 18.5 Å². The van der Waals surface area contributed by atoms with Gasteiger partial charge in [0.2, 0.25) is 5.91 Å². The van der Waals surface area contributed by atoms with Gasteiger partial charge in [-0.2, -0.15) is 0 Å². The number of hydrogen-bond acceptors (Lipinski definition) is 5. The number of nitrogens with one attached hydrogen (secondary N) is 1. The van der Waals surface area contributed by atoms with E-state index < -0.39 is 12.1 Å². The number of amides is 1.